The summed E-state index contributed by atoms with van der Waals surface area (Å²) in [6.45, 7) is 1.95. The van der Waals surface area contributed by atoms with Gasteiger partial charge in [0.25, 0.3) is 0 Å². The predicted octanol–water partition coefficient (Wildman–Crippen LogP) is 4.32. The summed E-state index contributed by atoms with van der Waals surface area (Å²) in [5.41, 5.74) is 5.97. The Morgan fingerprint density at radius 2 is 2.00 bits per heavy atom. The number of unbranched alkanes of at least 4 members (excludes halogenated alkanes) is 1. The molecular formula is C13H18BrClF3NO2. The lowest BCUT2D eigenvalue weighted by molar-refractivity contribution is -0.275. The molecule has 3 nitrogen and oxygen atoms in total. The zero-order chi connectivity index (χ0) is 15.3. The lowest BCUT2D eigenvalue weighted by Crippen LogP contribution is -2.28. The molecule has 1 aromatic carbocycles. The Morgan fingerprint density at radius 1 is 1.38 bits per heavy atom. The SMILES string of the molecule is CCCC[C@@H](O)[C@@H](N)c1cc(Br)ccc1OC(F)(F)F.Cl. The quantitative estimate of drug-likeness (QED) is 0.758. The predicted molar refractivity (Wildman–Crippen MR) is 80.5 cm³/mol. The zero-order valence-corrected chi connectivity index (χ0v) is 13.8. The van der Waals surface area contributed by atoms with Crippen LogP contribution in [0.2, 0.25) is 0 Å². The van der Waals surface area contributed by atoms with Gasteiger partial charge >= 0.3 is 6.36 Å². The van der Waals surface area contributed by atoms with Gasteiger partial charge in [-0.05, 0) is 24.6 Å². The summed E-state index contributed by atoms with van der Waals surface area (Å²) in [7, 11) is 0. The first-order valence-corrected chi connectivity index (χ1v) is 7.02. The average molecular weight is 393 g/mol. The van der Waals surface area contributed by atoms with E-state index < -0.39 is 18.5 Å². The van der Waals surface area contributed by atoms with Crippen LogP contribution in [0.25, 0.3) is 0 Å². The van der Waals surface area contributed by atoms with Crippen molar-refractivity contribution in [3.63, 3.8) is 0 Å². The van der Waals surface area contributed by atoms with Crippen molar-refractivity contribution >= 4 is 28.3 Å². The van der Waals surface area contributed by atoms with Gasteiger partial charge in [0.05, 0.1) is 12.1 Å². The topological polar surface area (TPSA) is 55.5 Å². The van der Waals surface area contributed by atoms with Crippen molar-refractivity contribution in [2.24, 2.45) is 5.73 Å². The number of ether oxygens (including phenoxy) is 1. The van der Waals surface area contributed by atoms with Gasteiger partial charge in [-0.25, -0.2) is 0 Å². The Hall–Kier alpha value is -0.500. The molecule has 2 atom stereocenters. The molecule has 0 heterocycles. The van der Waals surface area contributed by atoms with Crippen molar-refractivity contribution in [2.45, 2.75) is 44.7 Å². The molecule has 0 bridgehead atoms. The van der Waals surface area contributed by atoms with Crippen molar-refractivity contribution in [1.82, 2.24) is 0 Å². The van der Waals surface area contributed by atoms with Crippen LogP contribution < -0.4 is 10.5 Å². The van der Waals surface area contributed by atoms with Crippen molar-refractivity contribution in [2.75, 3.05) is 0 Å². The van der Waals surface area contributed by atoms with E-state index in [-0.39, 0.29) is 23.7 Å². The first kappa shape index (κ1) is 20.5. The first-order valence-electron chi connectivity index (χ1n) is 6.23. The molecule has 0 spiro atoms. The van der Waals surface area contributed by atoms with Gasteiger partial charge in [-0.15, -0.1) is 25.6 Å². The highest BCUT2D eigenvalue weighted by molar-refractivity contribution is 9.10. The third-order valence-corrected chi connectivity index (χ3v) is 3.32. The number of benzene rings is 1. The molecule has 0 aromatic heterocycles. The molecule has 0 saturated carbocycles. The van der Waals surface area contributed by atoms with Crippen LogP contribution in [0, 0.1) is 0 Å². The highest BCUT2D eigenvalue weighted by Crippen LogP contribution is 2.33. The minimum atomic E-state index is -4.79. The summed E-state index contributed by atoms with van der Waals surface area (Å²) < 4.78 is 41.6. The van der Waals surface area contributed by atoms with E-state index in [4.69, 9.17) is 5.73 Å². The van der Waals surface area contributed by atoms with E-state index in [0.717, 1.165) is 12.8 Å². The van der Waals surface area contributed by atoms with E-state index in [9.17, 15) is 18.3 Å². The van der Waals surface area contributed by atoms with E-state index in [1.165, 1.54) is 18.2 Å². The smallest absolute Gasteiger partial charge is 0.405 e. The second-order valence-electron chi connectivity index (χ2n) is 4.47. The van der Waals surface area contributed by atoms with Gasteiger partial charge in [-0.2, -0.15) is 0 Å². The van der Waals surface area contributed by atoms with Gasteiger partial charge in [-0.3, -0.25) is 0 Å². The molecule has 122 valence electrons. The highest BCUT2D eigenvalue weighted by atomic mass is 79.9. The second kappa shape index (κ2) is 8.82. The summed E-state index contributed by atoms with van der Waals surface area (Å²) in [4.78, 5) is 0. The Balaban J connectivity index is 0.00000400. The van der Waals surface area contributed by atoms with Crippen LogP contribution in [0.1, 0.15) is 37.8 Å². The summed E-state index contributed by atoms with van der Waals surface area (Å²) in [5, 5.41) is 9.94. The van der Waals surface area contributed by atoms with Crippen LogP contribution >= 0.6 is 28.3 Å². The molecule has 0 radical (unpaired) electrons. The van der Waals surface area contributed by atoms with Crippen LogP contribution in [0.3, 0.4) is 0 Å². The maximum atomic E-state index is 12.4. The summed E-state index contributed by atoms with van der Waals surface area (Å²) in [5.74, 6) is -0.385. The maximum Gasteiger partial charge on any atom is 0.573 e. The maximum absolute atomic E-state index is 12.4. The third kappa shape index (κ3) is 6.86. The molecule has 0 amide bonds. The van der Waals surface area contributed by atoms with Crippen molar-refractivity contribution in [3.05, 3.63) is 28.2 Å². The Bertz CT molecular complexity index is 446. The minimum Gasteiger partial charge on any atom is -0.405 e. The molecule has 3 N–H and O–H groups in total. The molecule has 0 unspecified atom stereocenters. The number of alkyl halides is 3. The van der Waals surface area contributed by atoms with Gasteiger partial charge in [-0.1, -0.05) is 35.7 Å². The van der Waals surface area contributed by atoms with Crippen LogP contribution in [-0.4, -0.2) is 17.6 Å². The van der Waals surface area contributed by atoms with Gasteiger partial charge in [0.2, 0.25) is 0 Å². The number of aliphatic hydroxyl groups is 1. The van der Waals surface area contributed by atoms with E-state index >= 15 is 0 Å². The number of hydrogen-bond acceptors (Lipinski definition) is 3. The molecule has 8 heteroatoms. The molecular weight excluding hydrogens is 374 g/mol. The molecule has 0 aliphatic heterocycles. The van der Waals surface area contributed by atoms with E-state index in [1.54, 1.807) is 0 Å². The average Bonchev–Trinajstić information content (AvgIpc) is 2.35. The van der Waals surface area contributed by atoms with Gasteiger partial charge in [0, 0.05) is 10.0 Å². The molecule has 0 fully saturated rings. The molecule has 1 rings (SSSR count). The normalized spacial score (nSPS) is 14.2. The van der Waals surface area contributed by atoms with Crippen molar-refractivity contribution in [3.8, 4) is 5.75 Å². The van der Waals surface area contributed by atoms with E-state index in [0.29, 0.717) is 10.9 Å². The second-order valence-corrected chi connectivity index (χ2v) is 5.38. The Labute approximate surface area is 136 Å². The number of hydrogen-bond donors (Lipinski definition) is 2. The van der Waals surface area contributed by atoms with Gasteiger partial charge in [0.15, 0.2) is 0 Å². The van der Waals surface area contributed by atoms with Crippen LogP contribution in [0.4, 0.5) is 13.2 Å². The Morgan fingerprint density at radius 3 is 2.52 bits per heavy atom. The summed E-state index contributed by atoms with van der Waals surface area (Å²) >= 11 is 3.17. The fraction of sp³-hybridized carbons (Fsp3) is 0.538. The van der Waals surface area contributed by atoms with Gasteiger partial charge < -0.3 is 15.6 Å². The Kier molecular flexibility index (Phi) is 8.61. The lowest BCUT2D eigenvalue weighted by Gasteiger charge is -2.22. The van der Waals surface area contributed by atoms with E-state index in [1.807, 2.05) is 6.92 Å². The minimum absolute atomic E-state index is 0. The van der Waals surface area contributed by atoms with E-state index in [2.05, 4.69) is 20.7 Å². The molecule has 0 aliphatic rings. The zero-order valence-electron chi connectivity index (χ0n) is 11.4. The molecule has 21 heavy (non-hydrogen) atoms. The summed E-state index contributed by atoms with van der Waals surface area (Å²) in [6.07, 6.45) is -3.67. The van der Waals surface area contributed by atoms with Crippen LogP contribution in [0.15, 0.2) is 22.7 Å². The largest absolute Gasteiger partial charge is 0.573 e. The lowest BCUT2D eigenvalue weighted by atomic mass is 9.97. The number of aliphatic hydroxyl groups excluding tert-OH is 1. The molecule has 0 aliphatic carbocycles. The fourth-order valence-corrected chi connectivity index (χ4v) is 2.18. The number of halogens is 5. The molecule has 0 saturated heterocycles. The van der Waals surface area contributed by atoms with Crippen LogP contribution in [0.5, 0.6) is 5.75 Å². The van der Waals surface area contributed by atoms with Crippen molar-refractivity contribution in [1.29, 1.82) is 0 Å². The number of rotatable bonds is 6. The van der Waals surface area contributed by atoms with Gasteiger partial charge in [0.1, 0.15) is 5.75 Å². The van der Waals surface area contributed by atoms with Crippen LogP contribution in [-0.2, 0) is 0 Å². The molecule has 1 aromatic rings. The number of nitrogens with two attached hydrogens (primary N) is 1. The summed E-state index contributed by atoms with van der Waals surface area (Å²) in [6, 6.07) is 3.10. The first-order chi connectivity index (χ1) is 9.24. The third-order valence-electron chi connectivity index (χ3n) is 2.82. The standard InChI is InChI=1S/C13H17BrF3NO2.ClH/c1-2-3-4-10(19)12(18)9-7-8(14)5-6-11(9)20-13(15,16)17;/h5-7,10,12,19H,2-4,18H2,1H3;1H/t10-,12+;/m1./s1. The monoisotopic (exact) mass is 391 g/mol. The highest BCUT2D eigenvalue weighted by Gasteiger charge is 2.33. The van der Waals surface area contributed by atoms with Crippen molar-refractivity contribution < 1.29 is 23.0 Å². The fourth-order valence-electron chi connectivity index (χ4n) is 1.80.